The highest BCUT2D eigenvalue weighted by molar-refractivity contribution is 5.73. The van der Waals surface area contributed by atoms with Crippen LogP contribution in [0.25, 0.3) is 0 Å². The van der Waals surface area contributed by atoms with Gasteiger partial charge in [0.25, 0.3) is 0 Å². The molecule has 0 saturated heterocycles. The van der Waals surface area contributed by atoms with Gasteiger partial charge in [-0.05, 0) is 35.7 Å². The Kier molecular flexibility index (Phi) is 5.02. The molecule has 3 rings (SSSR count). The Labute approximate surface area is 142 Å². The Bertz CT molecular complexity index is 761. The number of benzene rings is 2. The second-order valence-corrected chi connectivity index (χ2v) is 5.66. The minimum Gasteiger partial charge on any atom is -0.452 e. The van der Waals surface area contributed by atoms with E-state index in [9.17, 15) is 4.79 Å². The van der Waals surface area contributed by atoms with Crippen molar-refractivity contribution in [1.82, 2.24) is 4.98 Å². The van der Waals surface area contributed by atoms with Gasteiger partial charge >= 0.3 is 5.97 Å². The van der Waals surface area contributed by atoms with Crippen molar-refractivity contribution in [2.75, 3.05) is 0 Å². The van der Waals surface area contributed by atoms with Crippen molar-refractivity contribution in [3.05, 3.63) is 101 Å². The van der Waals surface area contributed by atoms with E-state index < -0.39 is 6.10 Å². The molecular weight excluding hydrogens is 298 g/mol. The molecule has 1 unspecified atom stereocenters. The zero-order valence-electron chi connectivity index (χ0n) is 13.6. The highest BCUT2D eigenvalue weighted by Gasteiger charge is 2.19. The van der Waals surface area contributed by atoms with Crippen LogP contribution in [0.4, 0.5) is 0 Å². The van der Waals surface area contributed by atoms with Crippen LogP contribution in [0.1, 0.15) is 28.4 Å². The quantitative estimate of drug-likeness (QED) is 0.660. The second kappa shape index (κ2) is 7.55. The summed E-state index contributed by atoms with van der Waals surface area (Å²) in [7, 11) is 0. The maximum Gasteiger partial charge on any atom is 0.311 e. The summed E-state index contributed by atoms with van der Waals surface area (Å²) in [5, 5.41) is 0. The summed E-state index contributed by atoms with van der Waals surface area (Å²) in [5.41, 5.74) is 3.94. The number of ether oxygens (including phenoxy) is 1. The first kappa shape index (κ1) is 15.9. The van der Waals surface area contributed by atoms with E-state index in [4.69, 9.17) is 4.74 Å². The summed E-state index contributed by atoms with van der Waals surface area (Å²) in [6.45, 7) is 2.00. The third-order valence-corrected chi connectivity index (χ3v) is 3.96. The van der Waals surface area contributed by atoms with Crippen LogP contribution in [0.3, 0.4) is 0 Å². The summed E-state index contributed by atoms with van der Waals surface area (Å²) in [5.74, 6) is -0.241. The van der Waals surface area contributed by atoms with Gasteiger partial charge in [-0.15, -0.1) is 0 Å². The standard InChI is InChI=1S/C21H19NO2/c1-16-7-5-6-10-19(16)15-20(23)24-21(17-8-3-2-4-9-17)18-11-13-22-14-12-18/h2-14,21H,15H2,1H3. The van der Waals surface area contributed by atoms with Gasteiger partial charge in [0.2, 0.25) is 0 Å². The maximum absolute atomic E-state index is 12.5. The van der Waals surface area contributed by atoms with Gasteiger partial charge in [-0.25, -0.2) is 0 Å². The number of aromatic nitrogens is 1. The number of pyridine rings is 1. The van der Waals surface area contributed by atoms with E-state index in [-0.39, 0.29) is 12.4 Å². The minimum absolute atomic E-state index is 0.241. The Morgan fingerprint density at radius 2 is 1.54 bits per heavy atom. The molecule has 24 heavy (non-hydrogen) atoms. The van der Waals surface area contributed by atoms with Crippen LogP contribution in [0.2, 0.25) is 0 Å². The predicted octanol–water partition coefficient (Wildman–Crippen LogP) is 4.27. The van der Waals surface area contributed by atoms with Crippen molar-refractivity contribution >= 4 is 5.97 Å². The van der Waals surface area contributed by atoms with Gasteiger partial charge in [-0.3, -0.25) is 9.78 Å². The Balaban J connectivity index is 1.82. The fraction of sp³-hybridized carbons (Fsp3) is 0.143. The van der Waals surface area contributed by atoms with Gasteiger partial charge in [0, 0.05) is 18.0 Å². The zero-order chi connectivity index (χ0) is 16.8. The molecule has 1 aromatic heterocycles. The lowest BCUT2D eigenvalue weighted by Crippen LogP contribution is -2.15. The Morgan fingerprint density at radius 1 is 0.917 bits per heavy atom. The fourth-order valence-electron chi connectivity index (χ4n) is 2.63. The highest BCUT2D eigenvalue weighted by atomic mass is 16.5. The van der Waals surface area contributed by atoms with Crippen LogP contribution in [-0.4, -0.2) is 11.0 Å². The lowest BCUT2D eigenvalue weighted by atomic mass is 10.0. The second-order valence-electron chi connectivity index (χ2n) is 5.66. The minimum atomic E-state index is -0.425. The van der Waals surface area contributed by atoms with Crippen molar-refractivity contribution < 1.29 is 9.53 Å². The molecule has 0 aliphatic heterocycles. The van der Waals surface area contributed by atoms with Crippen LogP contribution in [-0.2, 0) is 16.0 Å². The lowest BCUT2D eigenvalue weighted by Gasteiger charge is -2.19. The molecule has 1 heterocycles. The largest absolute Gasteiger partial charge is 0.452 e. The zero-order valence-corrected chi connectivity index (χ0v) is 13.6. The molecule has 3 nitrogen and oxygen atoms in total. The Morgan fingerprint density at radius 3 is 2.25 bits per heavy atom. The van der Waals surface area contributed by atoms with Gasteiger partial charge in [-0.1, -0.05) is 54.6 Å². The number of aryl methyl sites for hydroxylation is 1. The van der Waals surface area contributed by atoms with E-state index in [1.54, 1.807) is 12.4 Å². The molecule has 0 amide bonds. The van der Waals surface area contributed by atoms with E-state index >= 15 is 0 Å². The Hall–Kier alpha value is -2.94. The molecule has 3 aromatic rings. The van der Waals surface area contributed by atoms with Crippen LogP contribution in [0.15, 0.2) is 79.1 Å². The molecule has 0 N–H and O–H groups in total. The van der Waals surface area contributed by atoms with E-state index in [0.717, 1.165) is 22.3 Å². The number of hydrogen-bond donors (Lipinski definition) is 0. The predicted molar refractivity (Wildman–Crippen MR) is 93.5 cm³/mol. The summed E-state index contributed by atoms with van der Waals surface area (Å²) < 4.78 is 5.81. The molecule has 2 aromatic carbocycles. The van der Waals surface area contributed by atoms with Crippen molar-refractivity contribution in [3.8, 4) is 0 Å². The molecule has 3 heteroatoms. The van der Waals surface area contributed by atoms with Crippen LogP contribution in [0, 0.1) is 6.92 Å². The van der Waals surface area contributed by atoms with Crippen molar-refractivity contribution in [3.63, 3.8) is 0 Å². The molecular formula is C21H19NO2. The number of rotatable bonds is 5. The van der Waals surface area contributed by atoms with Crippen molar-refractivity contribution in [1.29, 1.82) is 0 Å². The average Bonchev–Trinajstić information content (AvgIpc) is 2.63. The van der Waals surface area contributed by atoms with E-state index in [2.05, 4.69) is 4.98 Å². The normalized spacial score (nSPS) is 11.7. The maximum atomic E-state index is 12.5. The monoisotopic (exact) mass is 317 g/mol. The first-order valence-electron chi connectivity index (χ1n) is 7.93. The lowest BCUT2D eigenvalue weighted by molar-refractivity contribution is -0.146. The average molecular weight is 317 g/mol. The molecule has 0 saturated carbocycles. The number of esters is 1. The van der Waals surface area contributed by atoms with Gasteiger partial charge in [0.1, 0.15) is 0 Å². The molecule has 0 spiro atoms. The molecule has 0 aliphatic carbocycles. The van der Waals surface area contributed by atoms with Gasteiger partial charge in [-0.2, -0.15) is 0 Å². The first-order chi connectivity index (χ1) is 11.7. The topological polar surface area (TPSA) is 39.2 Å². The molecule has 0 bridgehead atoms. The SMILES string of the molecule is Cc1ccccc1CC(=O)OC(c1ccccc1)c1ccncc1. The van der Waals surface area contributed by atoms with Crippen molar-refractivity contribution in [2.45, 2.75) is 19.4 Å². The van der Waals surface area contributed by atoms with E-state index in [1.807, 2.05) is 73.7 Å². The summed E-state index contributed by atoms with van der Waals surface area (Å²) in [4.78, 5) is 16.5. The third kappa shape index (κ3) is 3.87. The van der Waals surface area contributed by atoms with Crippen molar-refractivity contribution in [2.24, 2.45) is 0 Å². The van der Waals surface area contributed by atoms with E-state index in [0.29, 0.717) is 0 Å². The van der Waals surface area contributed by atoms with Crippen LogP contribution < -0.4 is 0 Å². The fourth-order valence-corrected chi connectivity index (χ4v) is 2.63. The molecule has 120 valence electrons. The van der Waals surface area contributed by atoms with Crippen LogP contribution in [0.5, 0.6) is 0 Å². The van der Waals surface area contributed by atoms with Gasteiger partial charge in [0.15, 0.2) is 6.10 Å². The van der Waals surface area contributed by atoms with Gasteiger partial charge < -0.3 is 4.74 Å². The summed E-state index contributed by atoms with van der Waals surface area (Å²) >= 11 is 0. The number of carbonyl (C=O) groups is 1. The highest BCUT2D eigenvalue weighted by Crippen LogP contribution is 2.26. The number of nitrogens with zero attached hydrogens (tertiary/aromatic N) is 1. The molecule has 0 radical (unpaired) electrons. The van der Waals surface area contributed by atoms with E-state index in [1.165, 1.54) is 0 Å². The van der Waals surface area contributed by atoms with Crippen LogP contribution >= 0.6 is 0 Å². The van der Waals surface area contributed by atoms with Gasteiger partial charge in [0.05, 0.1) is 6.42 Å². The summed E-state index contributed by atoms with van der Waals surface area (Å²) in [6.07, 6.45) is 3.26. The third-order valence-electron chi connectivity index (χ3n) is 3.96. The number of hydrogen-bond acceptors (Lipinski definition) is 3. The smallest absolute Gasteiger partial charge is 0.311 e. The number of carbonyl (C=O) groups excluding carboxylic acids is 1. The summed E-state index contributed by atoms with van der Waals surface area (Å²) in [6, 6.07) is 21.4. The molecule has 0 aliphatic rings. The molecule has 0 fully saturated rings. The first-order valence-corrected chi connectivity index (χ1v) is 7.93. The molecule has 1 atom stereocenters.